The standard InChI is InChI=1S/C16H17N5OS/c1-12-3-4-14(21-8-2-6-19-21)9-15(12)20-16(22)17-7-5-13-10-23-11-18-13/h2-4,6,8-11H,5,7H2,1H3,(H2,17,20,22). The van der Waals surface area contributed by atoms with Crippen molar-refractivity contribution in [3.8, 4) is 5.69 Å². The van der Waals surface area contributed by atoms with Crippen molar-refractivity contribution in [2.75, 3.05) is 11.9 Å². The van der Waals surface area contributed by atoms with Crippen molar-refractivity contribution in [2.24, 2.45) is 0 Å². The first-order chi connectivity index (χ1) is 11.2. The minimum atomic E-state index is -0.221. The zero-order chi connectivity index (χ0) is 16.1. The molecule has 23 heavy (non-hydrogen) atoms. The van der Waals surface area contributed by atoms with E-state index < -0.39 is 0 Å². The molecule has 7 heteroatoms. The van der Waals surface area contributed by atoms with Crippen LogP contribution in [-0.4, -0.2) is 27.3 Å². The highest BCUT2D eigenvalue weighted by Crippen LogP contribution is 2.19. The van der Waals surface area contributed by atoms with Crippen molar-refractivity contribution in [3.63, 3.8) is 0 Å². The third-order valence-corrected chi connectivity index (χ3v) is 4.02. The van der Waals surface area contributed by atoms with Crippen molar-refractivity contribution in [3.05, 3.63) is 58.8 Å². The van der Waals surface area contributed by atoms with Gasteiger partial charge in [-0.1, -0.05) is 6.07 Å². The highest BCUT2D eigenvalue weighted by molar-refractivity contribution is 7.07. The zero-order valence-electron chi connectivity index (χ0n) is 12.7. The fourth-order valence-electron chi connectivity index (χ4n) is 2.14. The van der Waals surface area contributed by atoms with Gasteiger partial charge in [-0.3, -0.25) is 0 Å². The minimum Gasteiger partial charge on any atom is -0.337 e. The van der Waals surface area contributed by atoms with Gasteiger partial charge in [-0.15, -0.1) is 11.3 Å². The molecule has 1 aromatic carbocycles. The quantitative estimate of drug-likeness (QED) is 0.757. The van der Waals surface area contributed by atoms with Crippen molar-refractivity contribution >= 4 is 23.1 Å². The maximum Gasteiger partial charge on any atom is 0.319 e. The Balaban J connectivity index is 1.60. The Hall–Kier alpha value is -2.67. The first-order valence-electron chi connectivity index (χ1n) is 7.25. The Bertz CT molecular complexity index is 768. The van der Waals surface area contributed by atoms with E-state index in [9.17, 15) is 4.79 Å². The molecule has 0 fully saturated rings. The molecule has 0 saturated carbocycles. The molecule has 0 aliphatic heterocycles. The third kappa shape index (κ3) is 3.95. The van der Waals surface area contributed by atoms with E-state index in [2.05, 4.69) is 20.7 Å². The number of aryl methyl sites for hydroxylation is 1. The summed E-state index contributed by atoms with van der Waals surface area (Å²) in [4.78, 5) is 16.2. The molecule has 0 unspecified atom stereocenters. The van der Waals surface area contributed by atoms with Crippen molar-refractivity contribution in [1.29, 1.82) is 0 Å². The lowest BCUT2D eigenvalue weighted by Gasteiger charge is -2.11. The number of thiazole rings is 1. The van der Waals surface area contributed by atoms with E-state index in [4.69, 9.17) is 0 Å². The lowest BCUT2D eigenvalue weighted by Crippen LogP contribution is -2.30. The summed E-state index contributed by atoms with van der Waals surface area (Å²) in [6.07, 6.45) is 4.31. The van der Waals surface area contributed by atoms with Gasteiger partial charge in [-0.2, -0.15) is 5.10 Å². The van der Waals surface area contributed by atoms with E-state index in [1.807, 2.05) is 42.8 Å². The minimum absolute atomic E-state index is 0.221. The highest BCUT2D eigenvalue weighted by Gasteiger charge is 2.06. The summed E-state index contributed by atoms with van der Waals surface area (Å²) in [7, 11) is 0. The number of anilines is 1. The van der Waals surface area contributed by atoms with Crippen LogP contribution in [0.4, 0.5) is 10.5 Å². The Morgan fingerprint density at radius 1 is 1.39 bits per heavy atom. The van der Waals surface area contributed by atoms with Gasteiger partial charge in [0.1, 0.15) is 0 Å². The Kier molecular flexibility index (Phi) is 4.68. The van der Waals surface area contributed by atoms with Crippen LogP contribution in [-0.2, 0) is 6.42 Å². The van der Waals surface area contributed by atoms with Crippen LogP contribution in [0.1, 0.15) is 11.3 Å². The second-order valence-electron chi connectivity index (χ2n) is 5.06. The normalized spacial score (nSPS) is 10.5. The lowest BCUT2D eigenvalue weighted by atomic mass is 10.2. The number of hydrogen-bond acceptors (Lipinski definition) is 4. The maximum absolute atomic E-state index is 12.0. The molecule has 0 spiro atoms. The monoisotopic (exact) mass is 327 g/mol. The van der Waals surface area contributed by atoms with Gasteiger partial charge in [-0.05, 0) is 30.7 Å². The van der Waals surface area contributed by atoms with Gasteiger partial charge >= 0.3 is 6.03 Å². The largest absolute Gasteiger partial charge is 0.337 e. The number of urea groups is 1. The molecule has 0 atom stereocenters. The maximum atomic E-state index is 12.0. The van der Waals surface area contributed by atoms with E-state index in [-0.39, 0.29) is 6.03 Å². The number of nitrogens with one attached hydrogen (secondary N) is 2. The van der Waals surface area contributed by atoms with Crippen LogP contribution in [0.15, 0.2) is 47.5 Å². The zero-order valence-corrected chi connectivity index (χ0v) is 13.5. The molecule has 2 heterocycles. The number of aromatic nitrogens is 3. The van der Waals surface area contributed by atoms with Crippen LogP contribution in [0.2, 0.25) is 0 Å². The molecule has 6 nitrogen and oxygen atoms in total. The predicted octanol–water partition coefficient (Wildman–Crippen LogP) is 3.00. The third-order valence-electron chi connectivity index (χ3n) is 3.39. The fourth-order valence-corrected chi connectivity index (χ4v) is 2.73. The topological polar surface area (TPSA) is 71.8 Å². The first-order valence-corrected chi connectivity index (χ1v) is 8.19. The average molecular weight is 327 g/mol. The van der Waals surface area contributed by atoms with Gasteiger partial charge in [0.15, 0.2) is 0 Å². The fraction of sp³-hybridized carbons (Fsp3) is 0.188. The molecule has 3 aromatic rings. The van der Waals surface area contributed by atoms with Crippen LogP contribution in [0.3, 0.4) is 0 Å². The Morgan fingerprint density at radius 2 is 2.30 bits per heavy atom. The second kappa shape index (κ2) is 7.06. The summed E-state index contributed by atoms with van der Waals surface area (Å²) in [5, 5.41) is 11.9. The Morgan fingerprint density at radius 3 is 3.04 bits per heavy atom. The molecule has 0 saturated heterocycles. The van der Waals surface area contributed by atoms with Gasteiger partial charge in [0.05, 0.1) is 16.9 Å². The average Bonchev–Trinajstić information content (AvgIpc) is 3.22. The summed E-state index contributed by atoms with van der Waals surface area (Å²) in [6, 6.07) is 7.47. The van der Waals surface area contributed by atoms with E-state index in [1.54, 1.807) is 27.7 Å². The first kappa shape index (κ1) is 15.2. The van der Waals surface area contributed by atoms with Crippen molar-refractivity contribution in [2.45, 2.75) is 13.3 Å². The molecular formula is C16H17N5OS. The second-order valence-corrected chi connectivity index (χ2v) is 5.78. The molecule has 0 radical (unpaired) electrons. The Labute approximate surface area is 138 Å². The smallest absolute Gasteiger partial charge is 0.319 e. The molecule has 0 aliphatic rings. The molecule has 2 amide bonds. The van der Waals surface area contributed by atoms with Crippen LogP contribution in [0, 0.1) is 6.92 Å². The number of benzene rings is 1. The number of hydrogen-bond donors (Lipinski definition) is 2. The van der Waals surface area contributed by atoms with Gasteiger partial charge in [0.2, 0.25) is 0 Å². The lowest BCUT2D eigenvalue weighted by molar-refractivity contribution is 0.252. The van der Waals surface area contributed by atoms with Crippen LogP contribution in [0.5, 0.6) is 0 Å². The summed E-state index contributed by atoms with van der Waals surface area (Å²) in [6.45, 7) is 2.51. The van der Waals surface area contributed by atoms with E-state index in [0.29, 0.717) is 6.54 Å². The van der Waals surface area contributed by atoms with Gasteiger partial charge in [-0.25, -0.2) is 14.5 Å². The molecule has 0 bridgehead atoms. The van der Waals surface area contributed by atoms with E-state index >= 15 is 0 Å². The highest BCUT2D eigenvalue weighted by atomic mass is 32.1. The summed E-state index contributed by atoms with van der Waals surface area (Å²) in [5.74, 6) is 0. The van der Waals surface area contributed by atoms with E-state index in [0.717, 1.165) is 29.1 Å². The van der Waals surface area contributed by atoms with Crippen LogP contribution >= 0.6 is 11.3 Å². The van der Waals surface area contributed by atoms with Crippen LogP contribution < -0.4 is 10.6 Å². The summed E-state index contributed by atoms with van der Waals surface area (Å²) in [5.41, 5.74) is 5.45. The molecule has 0 aliphatic carbocycles. The predicted molar refractivity (Wildman–Crippen MR) is 91.1 cm³/mol. The van der Waals surface area contributed by atoms with Crippen molar-refractivity contribution < 1.29 is 4.79 Å². The van der Waals surface area contributed by atoms with Gasteiger partial charge in [0.25, 0.3) is 0 Å². The molecule has 2 aromatic heterocycles. The summed E-state index contributed by atoms with van der Waals surface area (Å²) < 4.78 is 1.75. The van der Waals surface area contributed by atoms with Gasteiger partial charge < -0.3 is 10.6 Å². The van der Waals surface area contributed by atoms with Crippen molar-refractivity contribution in [1.82, 2.24) is 20.1 Å². The number of amides is 2. The molecule has 118 valence electrons. The number of carbonyl (C=O) groups excluding carboxylic acids is 1. The van der Waals surface area contributed by atoms with E-state index in [1.165, 1.54) is 0 Å². The molecule has 2 N–H and O–H groups in total. The number of rotatable bonds is 5. The molecular weight excluding hydrogens is 310 g/mol. The molecule has 3 rings (SSSR count). The summed E-state index contributed by atoms with van der Waals surface area (Å²) >= 11 is 1.56. The number of nitrogens with zero attached hydrogens (tertiary/aromatic N) is 3. The van der Waals surface area contributed by atoms with Crippen LogP contribution in [0.25, 0.3) is 5.69 Å². The van der Waals surface area contributed by atoms with Gasteiger partial charge in [0, 0.05) is 36.4 Å². The number of carbonyl (C=O) groups is 1. The SMILES string of the molecule is Cc1ccc(-n2cccn2)cc1NC(=O)NCCc1cscn1.